The second-order valence-electron chi connectivity index (χ2n) is 4.39. The van der Waals surface area contributed by atoms with Crippen molar-refractivity contribution >= 4 is 17.3 Å². The van der Waals surface area contributed by atoms with Gasteiger partial charge >= 0.3 is 0 Å². The summed E-state index contributed by atoms with van der Waals surface area (Å²) in [5, 5.41) is 3.64. The lowest BCUT2D eigenvalue weighted by atomic mass is 10.1. The Labute approximate surface area is 116 Å². The number of nitrogens with one attached hydrogen (secondary N) is 2. The highest BCUT2D eigenvalue weighted by Gasteiger charge is 2.14. The molecule has 0 fully saturated rings. The van der Waals surface area contributed by atoms with Crippen molar-refractivity contribution in [1.82, 2.24) is 15.0 Å². The number of rotatable bonds is 3. The maximum Gasteiger partial charge on any atom is 0.256 e. The van der Waals surface area contributed by atoms with Gasteiger partial charge in [-0.3, -0.25) is 4.79 Å². The van der Waals surface area contributed by atoms with Crippen LogP contribution in [0.2, 0.25) is 5.15 Å². The maximum absolute atomic E-state index is 12.0. The summed E-state index contributed by atoms with van der Waals surface area (Å²) in [6, 6.07) is 3.35. The normalized spacial score (nSPS) is 12.2. The molecule has 100 valence electrons. The minimum atomic E-state index is -0.167. The number of aryl methyl sites for hydroxylation is 2. The van der Waals surface area contributed by atoms with E-state index in [-0.39, 0.29) is 11.6 Å². The summed E-state index contributed by atoms with van der Waals surface area (Å²) in [4.78, 5) is 23.0. The zero-order chi connectivity index (χ0) is 14.0. The fraction of sp³-hybridized carbons (Fsp3) is 0.308. The number of pyridine rings is 1. The fourth-order valence-corrected chi connectivity index (χ4v) is 2.14. The number of anilines is 1. The average molecular weight is 279 g/mol. The smallest absolute Gasteiger partial charge is 0.256 e. The lowest BCUT2D eigenvalue weighted by Gasteiger charge is -2.16. The van der Waals surface area contributed by atoms with Gasteiger partial charge in [0.05, 0.1) is 29.2 Å². The standard InChI is InChI=1S/C13H15ClN4O/c1-7-12(13(19)18-9(3)16-7)8(2)17-10-4-5-11(14)15-6-10/h4-6,8,17H,1-3H3,(H,16,18,19). The van der Waals surface area contributed by atoms with E-state index in [4.69, 9.17) is 11.6 Å². The third-order valence-electron chi connectivity index (χ3n) is 2.81. The van der Waals surface area contributed by atoms with E-state index < -0.39 is 0 Å². The highest BCUT2D eigenvalue weighted by Crippen LogP contribution is 2.18. The number of H-pyrrole nitrogens is 1. The third-order valence-corrected chi connectivity index (χ3v) is 3.03. The first-order chi connectivity index (χ1) is 8.97. The van der Waals surface area contributed by atoms with Gasteiger partial charge < -0.3 is 10.3 Å². The Morgan fingerprint density at radius 3 is 2.68 bits per heavy atom. The maximum atomic E-state index is 12.0. The summed E-state index contributed by atoms with van der Waals surface area (Å²) in [5.41, 5.74) is 2.03. The molecule has 0 spiro atoms. The van der Waals surface area contributed by atoms with Crippen LogP contribution in [0.4, 0.5) is 5.69 Å². The molecule has 2 N–H and O–H groups in total. The average Bonchev–Trinajstić information content (AvgIpc) is 2.30. The predicted molar refractivity (Wildman–Crippen MR) is 75.6 cm³/mol. The lowest BCUT2D eigenvalue weighted by molar-refractivity contribution is 0.813. The van der Waals surface area contributed by atoms with E-state index in [0.29, 0.717) is 16.5 Å². The van der Waals surface area contributed by atoms with E-state index in [9.17, 15) is 4.79 Å². The first-order valence-electron chi connectivity index (χ1n) is 5.93. The van der Waals surface area contributed by atoms with Crippen molar-refractivity contribution in [3.05, 3.63) is 50.9 Å². The summed E-state index contributed by atoms with van der Waals surface area (Å²) < 4.78 is 0. The van der Waals surface area contributed by atoms with Gasteiger partial charge in [0.25, 0.3) is 5.56 Å². The summed E-state index contributed by atoms with van der Waals surface area (Å²) in [7, 11) is 0. The van der Waals surface area contributed by atoms with Crippen molar-refractivity contribution in [3.63, 3.8) is 0 Å². The molecule has 2 heterocycles. The van der Waals surface area contributed by atoms with Gasteiger partial charge in [0.1, 0.15) is 11.0 Å². The molecule has 0 aliphatic carbocycles. The Bertz CT molecular complexity index is 636. The van der Waals surface area contributed by atoms with Crippen LogP contribution in [-0.2, 0) is 0 Å². The van der Waals surface area contributed by atoms with Crippen molar-refractivity contribution in [2.24, 2.45) is 0 Å². The molecule has 1 unspecified atom stereocenters. The zero-order valence-electron chi connectivity index (χ0n) is 11.0. The summed E-state index contributed by atoms with van der Waals surface area (Å²) in [6.45, 7) is 5.50. The van der Waals surface area contributed by atoms with Crippen molar-refractivity contribution < 1.29 is 0 Å². The van der Waals surface area contributed by atoms with Gasteiger partial charge in [0.2, 0.25) is 0 Å². The van der Waals surface area contributed by atoms with Crippen LogP contribution in [0.5, 0.6) is 0 Å². The largest absolute Gasteiger partial charge is 0.377 e. The number of aromatic nitrogens is 3. The number of hydrogen-bond donors (Lipinski definition) is 2. The molecule has 6 heteroatoms. The van der Waals surface area contributed by atoms with Crippen molar-refractivity contribution in [1.29, 1.82) is 0 Å². The monoisotopic (exact) mass is 278 g/mol. The highest BCUT2D eigenvalue weighted by atomic mass is 35.5. The molecule has 1 atom stereocenters. The molecule has 0 amide bonds. The fourth-order valence-electron chi connectivity index (χ4n) is 2.03. The predicted octanol–water partition coefficient (Wildman–Crippen LogP) is 2.61. The minimum absolute atomic E-state index is 0.119. The van der Waals surface area contributed by atoms with Crippen molar-refractivity contribution in [2.45, 2.75) is 26.8 Å². The van der Waals surface area contributed by atoms with Crippen LogP contribution in [-0.4, -0.2) is 15.0 Å². The molecule has 0 saturated heterocycles. The highest BCUT2D eigenvalue weighted by molar-refractivity contribution is 6.29. The van der Waals surface area contributed by atoms with Gasteiger partial charge in [-0.25, -0.2) is 9.97 Å². The molecule has 0 aromatic carbocycles. The lowest BCUT2D eigenvalue weighted by Crippen LogP contribution is -2.23. The van der Waals surface area contributed by atoms with Crippen LogP contribution in [0.3, 0.4) is 0 Å². The number of halogens is 1. The van der Waals surface area contributed by atoms with E-state index in [1.807, 2.05) is 19.9 Å². The number of aromatic amines is 1. The van der Waals surface area contributed by atoms with Gasteiger partial charge in [-0.2, -0.15) is 0 Å². The molecular weight excluding hydrogens is 264 g/mol. The van der Waals surface area contributed by atoms with E-state index >= 15 is 0 Å². The van der Waals surface area contributed by atoms with Crippen LogP contribution in [0.25, 0.3) is 0 Å². The Hall–Kier alpha value is -1.88. The minimum Gasteiger partial charge on any atom is -0.377 e. The van der Waals surface area contributed by atoms with Gasteiger partial charge in [0, 0.05) is 0 Å². The number of hydrogen-bond acceptors (Lipinski definition) is 4. The Morgan fingerprint density at radius 1 is 1.37 bits per heavy atom. The molecule has 0 aliphatic heterocycles. The first-order valence-corrected chi connectivity index (χ1v) is 6.30. The molecule has 2 aromatic rings. The van der Waals surface area contributed by atoms with E-state index in [2.05, 4.69) is 20.3 Å². The molecule has 5 nitrogen and oxygen atoms in total. The summed E-state index contributed by atoms with van der Waals surface area (Å²) in [6.07, 6.45) is 1.63. The van der Waals surface area contributed by atoms with Crippen molar-refractivity contribution in [2.75, 3.05) is 5.32 Å². The Kier molecular flexibility index (Phi) is 3.85. The quantitative estimate of drug-likeness (QED) is 0.847. The van der Waals surface area contributed by atoms with Crippen LogP contribution >= 0.6 is 11.6 Å². The summed E-state index contributed by atoms with van der Waals surface area (Å²) in [5.74, 6) is 0.617. The van der Waals surface area contributed by atoms with E-state index in [1.165, 1.54) is 0 Å². The van der Waals surface area contributed by atoms with Crippen LogP contribution < -0.4 is 10.9 Å². The van der Waals surface area contributed by atoms with E-state index in [1.54, 1.807) is 19.2 Å². The molecule has 2 aromatic heterocycles. The molecule has 0 saturated carbocycles. The molecule has 0 radical (unpaired) electrons. The van der Waals surface area contributed by atoms with Crippen LogP contribution in [0.15, 0.2) is 23.1 Å². The summed E-state index contributed by atoms with van der Waals surface area (Å²) >= 11 is 5.73. The van der Waals surface area contributed by atoms with Gasteiger partial charge in [0.15, 0.2) is 0 Å². The van der Waals surface area contributed by atoms with Crippen LogP contribution in [0.1, 0.15) is 30.0 Å². The Morgan fingerprint density at radius 2 is 2.11 bits per heavy atom. The van der Waals surface area contributed by atoms with Crippen LogP contribution in [0, 0.1) is 13.8 Å². The number of nitrogens with zero attached hydrogens (tertiary/aromatic N) is 2. The first kappa shape index (κ1) is 13.5. The van der Waals surface area contributed by atoms with Crippen molar-refractivity contribution in [3.8, 4) is 0 Å². The molecular formula is C13H15ClN4O. The third kappa shape index (κ3) is 3.12. The molecule has 19 heavy (non-hydrogen) atoms. The topological polar surface area (TPSA) is 70.7 Å². The zero-order valence-corrected chi connectivity index (χ0v) is 11.7. The van der Waals surface area contributed by atoms with E-state index in [0.717, 1.165) is 11.4 Å². The van der Waals surface area contributed by atoms with Gasteiger partial charge in [-0.1, -0.05) is 11.6 Å². The van der Waals surface area contributed by atoms with Gasteiger partial charge in [-0.15, -0.1) is 0 Å². The SMILES string of the molecule is Cc1nc(C)c(C(C)Nc2ccc(Cl)nc2)c(=O)[nH]1. The second kappa shape index (κ2) is 5.40. The molecule has 0 aliphatic rings. The molecule has 0 bridgehead atoms. The Balaban J connectivity index is 2.27. The second-order valence-corrected chi connectivity index (χ2v) is 4.77. The van der Waals surface area contributed by atoms with Gasteiger partial charge in [-0.05, 0) is 32.9 Å². The molecule has 2 rings (SSSR count).